The van der Waals surface area contributed by atoms with E-state index in [-0.39, 0.29) is 40.3 Å². The van der Waals surface area contributed by atoms with Crippen LogP contribution in [0, 0.1) is 17.5 Å². The number of anilines is 1. The lowest BCUT2D eigenvalue weighted by Gasteiger charge is -2.44. The Morgan fingerprint density at radius 3 is 2.31 bits per heavy atom. The molecule has 0 radical (unpaired) electrons. The lowest BCUT2D eigenvalue weighted by atomic mass is 10.1. The van der Waals surface area contributed by atoms with Crippen LogP contribution in [0.25, 0.3) is 0 Å². The summed E-state index contributed by atoms with van der Waals surface area (Å²) in [7, 11) is 0. The Bertz CT molecular complexity index is 1470. The van der Waals surface area contributed by atoms with Crippen molar-refractivity contribution in [2.45, 2.75) is 32.5 Å². The van der Waals surface area contributed by atoms with E-state index in [9.17, 15) is 27.6 Å². The first-order valence-electron chi connectivity index (χ1n) is 13.2. The van der Waals surface area contributed by atoms with Crippen LogP contribution in [0.2, 0.25) is 5.02 Å². The third kappa shape index (κ3) is 7.10. The predicted molar refractivity (Wildman–Crippen MR) is 152 cm³/mol. The van der Waals surface area contributed by atoms with Gasteiger partial charge in [-0.25, -0.2) is 18.1 Å². The highest BCUT2D eigenvalue weighted by Crippen LogP contribution is 2.33. The molecule has 42 heavy (non-hydrogen) atoms. The number of rotatable bonds is 8. The van der Waals surface area contributed by atoms with Crippen molar-refractivity contribution in [3.63, 3.8) is 0 Å². The van der Waals surface area contributed by atoms with E-state index in [1.165, 1.54) is 30.3 Å². The zero-order chi connectivity index (χ0) is 30.6. The Morgan fingerprint density at radius 1 is 0.952 bits per heavy atom. The summed E-state index contributed by atoms with van der Waals surface area (Å²) in [5.74, 6) is -4.75. The molecule has 222 valence electrons. The van der Waals surface area contributed by atoms with Crippen molar-refractivity contribution < 1.29 is 32.3 Å². The maximum atomic E-state index is 14.5. The molecule has 1 fully saturated rings. The predicted octanol–water partition coefficient (Wildman–Crippen LogP) is 4.39. The molecule has 3 aromatic rings. The topological polar surface area (TPSA) is 96.2 Å². The molecule has 0 aliphatic carbocycles. The molecule has 1 saturated heterocycles. The highest BCUT2D eigenvalue weighted by atomic mass is 35.5. The molecule has 8 nitrogen and oxygen atoms in total. The molecule has 0 saturated carbocycles. The van der Waals surface area contributed by atoms with Crippen LogP contribution in [-0.2, 0) is 16.1 Å². The van der Waals surface area contributed by atoms with Crippen LogP contribution in [0.5, 0.6) is 5.75 Å². The number of carbonyl (C=O) groups is 3. The van der Waals surface area contributed by atoms with E-state index < -0.39 is 42.2 Å². The molecule has 0 unspecified atom stereocenters. The zero-order valence-corrected chi connectivity index (χ0v) is 23.8. The lowest BCUT2D eigenvalue weighted by molar-refractivity contribution is -0.139. The minimum absolute atomic E-state index is 0.00203. The Morgan fingerprint density at radius 2 is 1.64 bits per heavy atom. The van der Waals surface area contributed by atoms with E-state index in [0.29, 0.717) is 30.6 Å². The van der Waals surface area contributed by atoms with E-state index in [1.807, 2.05) is 13.8 Å². The van der Waals surface area contributed by atoms with Gasteiger partial charge in [0.1, 0.15) is 23.2 Å². The van der Waals surface area contributed by atoms with Gasteiger partial charge in [-0.15, -0.1) is 0 Å². The third-order valence-electron chi connectivity index (χ3n) is 7.04. The number of hydrogen-bond donors (Lipinski definition) is 1. The normalized spacial score (nSPS) is 17.2. The molecule has 0 bridgehead atoms. The quantitative estimate of drug-likeness (QED) is 0.411. The number of hydrogen-bond acceptors (Lipinski definition) is 6. The van der Waals surface area contributed by atoms with Crippen molar-refractivity contribution >= 4 is 35.0 Å². The fraction of sp³-hybridized carbons (Fsp3) is 0.300. The number of piperazine rings is 1. The Hall–Kier alpha value is -3.93. The molecule has 1 aliphatic rings. The minimum Gasteiger partial charge on any atom is -0.482 e. The molecule has 0 spiro atoms. The molecule has 2 atom stereocenters. The highest BCUT2D eigenvalue weighted by Gasteiger charge is 2.33. The number of ether oxygens (including phenoxy) is 1. The summed E-state index contributed by atoms with van der Waals surface area (Å²) in [5, 5.41) is 0.130. The van der Waals surface area contributed by atoms with Crippen LogP contribution in [0.1, 0.15) is 29.8 Å². The fourth-order valence-corrected chi connectivity index (χ4v) is 5.00. The van der Waals surface area contributed by atoms with Crippen molar-refractivity contribution in [2.24, 2.45) is 5.73 Å². The standard InChI is InChI=1S/C30H30ClF3N4O4/c1-18-15-37(19(2)14-36(18)16-20-3-6-22(32)7-4-20)29(40)17-42-27-10-5-21(31)11-26(27)38(28(39)13-35)30(41)24-9-8-23(33)12-25(24)34/h3-12,18-19H,13-17,35H2,1-2H3/t18-,19+/m1/s1. The maximum absolute atomic E-state index is 14.5. The number of nitrogens with zero attached hydrogens (tertiary/aromatic N) is 3. The zero-order valence-electron chi connectivity index (χ0n) is 23.0. The van der Waals surface area contributed by atoms with E-state index in [0.717, 1.165) is 17.7 Å². The first-order valence-corrected chi connectivity index (χ1v) is 13.6. The van der Waals surface area contributed by atoms with Crippen LogP contribution in [-0.4, -0.2) is 65.8 Å². The third-order valence-corrected chi connectivity index (χ3v) is 7.27. The number of benzene rings is 3. The van der Waals surface area contributed by atoms with Gasteiger partial charge in [-0.1, -0.05) is 23.7 Å². The second-order valence-electron chi connectivity index (χ2n) is 10.1. The summed E-state index contributed by atoms with van der Waals surface area (Å²) in [6.45, 7) is 4.46. The van der Waals surface area contributed by atoms with Gasteiger partial charge in [0.05, 0.1) is 17.8 Å². The average Bonchev–Trinajstić information content (AvgIpc) is 2.95. The van der Waals surface area contributed by atoms with Crippen LogP contribution in [0.3, 0.4) is 0 Å². The van der Waals surface area contributed by atoms with E-state index in [2.05, 4.69) is 4.90 Å². The molecular formula is C30H30ClF3N4O4. The summed E-state index contributed by atoms with van der Waals surface area (Å²) in [6.07, 6.45) is 0. The van der Waals surface area contributed by atoms with Gasteiger partial charge in [0.25, 0.3) is 11.8 Å². The van der Waals surface area contributed by atoms with Gasteiger partial charge in [-0.05, 0) is 61.9 Å². The number of nitrogens with two attached hydrogens (primary N) is 1. The molecule has 0 aromatic heterocycles. The molecule has 1 heterocycles. The van der Waals surface area contributed by atoms with Gasteiger partial charge < -0.3 is 15.4 Å². The van der Waals surface area contributed by atoms with E-state index in [4.69, 9.17) is 22.1 Å². The van der Waals surface area contributed by atoms with Crippen molar-refractivity contribution in [1.29, 1.82) is 0 Å². The van der Waals surface area contributed by atoms with Crippen LogP contribution < -0.4 is 15.4 Å². The lowest BCUT2D eigenvalue weighted by Crippen LogP contribution is -2.58. The maximum Gasteiger partial charge on any atom is 0.268 e. The van der Waals surface area contributed by atoms with Crippen LogP contribution in [0.4, 0.5) is 18.9 Å². The SMILES string of the molecule is C[C@@H]1CN(C(=O)COc2ccc(Cl)cc2N(C(=O)CN)C(=O)c2ccc(F)cc2F)[C@@H](C)CN1Cc1ccc(F)cc1. The monoisotopic (exact) mass is 602 g/mol. The van der Waals surface area contributed by atoms with Gasteiger partial charge in [-0.3, -0.25) is 19.3 Å². The summed E-state index contributed by atoms with van der Waals surface area (Å²) in [6, 6.07) is 12.5. The Kier molecular flexibility index (Phi) is 9.87. The van der Waals surface area contributed by atoms with Crippen molar-refractivity contribution in [3.8, 4) is 5.75 Å². The van der Waals surface area contributed by atoms with Gasteiger partial charge >= 0.3 is 0 Å². The number of carbonyl (C=O) groups excluding carboxylic acids is 3. The van der Waals surface area contributed by atoms with Crippen molar-refractivity contribution in [1.82, 2.24) is 9.80 Å². The summed E-state index contributed by atoms with van der Waals surface area (Å²) >= 11 is 6.15. The second kappa shape index (κ2) is 13.4. The molecule has 12 heteroatoms. The first-order chi connectivity index (χ1) is 20.0. The number of imide groups is 1. The van der Waals surface area contributed by atoms with Crippen molar-refractivity contribution in [2.75, 3.05) is 31.1 Å². The Labute approximate surface area is 246 Å². The molecule has 1 aliphatic heterocycles. The van der Waals surface area contributed by atoms with Crippen LogP contribution in [0.15, 0.2) is 60.7 Å². The fourth-order valence-electron chi connectivity index (χ4n) is 4.83. The van der Waals surface area contributed by atoms with Gasteiger partial charge in [-0.2, -0.15) is 0 Å². The molecular weight excluding hydrogens is 573 g/mol. The minimum atomic E-state index is -1.17. The summed E-state index contributed by atoms with van der Waals surface area (Å²) in [5.41, 5.74) is 5.78. The smallest absolute Gasteiger partial charge is 0.268 e. The number of amides is 3. The highest BCUT2D eigenvalue weighted by molar-refractivity contribution is 6.31. The summed E-state index contributed by atoms with van der Waals surface area (Å²) < 4.78 is 47.0. The average molecular weight is 603 g/mol. The molecule has 3 amide bonds. The van der Waals surface area contributed by atoms with E-state index in [1.54, 1.807) is 17.0 Å². The molecule has 3 aromatic carbocycles. The Balaban J connectivity index is 1.50. The summed E-state index contributed by atoms with van der Waals surface area (Å²) in [4.78, 5) is 43.8. The second-order valence-corrected chi connectivity index (χ2v) is 10.5. The molecule has 4 rings (SSSR count). The van der Waals surface area contributed by atoms with Gasteiger partial charge in [0, 0.05) is 42.8 Å². The van der Waals surface area contributed by atoms with Crippen LogP contribution >= 0.6 is 11.6 Å². The van der Waals surface area contributed by atoms with E-state index >= 15 is 0 Å². The first kappa shape index (κ1) is 31.0. The largest absolute Gasteiger partial charge is 0.482 e. The van der Waals surface area contributed by atoms with Gasteiger partial charge in [0.2, 0.25) is 5.91 Å². The number of halogens is 4. The van der Waals surface area contributed by atoms with Crippen molar-refractivity contribution in [3.05, 3.63) is 94.3 Å². The van der Waals surface area contributed by atoms with Gasteiger partial charge in [0.15, 0.2) is 6.61 Å². The molecule has 2 N–H and O–H groups in total.